The third kappa shape index (κ3) is 4.16. The molecule has 0 saturated carbocycles. The molecule has 0 fully saturated rings. The molecule has 8 nitrogen and oxygen atoms in total. The second-order valence-corrected chi connectivity index (χ2v) is 4.57. The highest BCUT2D eigenvalue weighted by Gasteiger charge is 2.29. The van der Waals surface area contributed by atoms with Crippen molar-refractivity contribution in [1.29, 1.82) is 0 Å². The van der Waals surface area contributed by atoms with Gasteiger partial charge in [-0.1, -0.05) is 35.4 Å². The van der Waals surface area contributed by atoms with E-state index in [0.29, 0.717) is 10.6 Å². The Hall–Kier alpha value is -3.16. The van der Waals surface area contributed by atoms with Crippen molar-refractivity contribution in [3.63, 3.8) is 0 Å². The average molecular weight is 318 g/mol. The number of amides is 3. The van der Waals surface area contributed by atoms with Gasteiger partial charge in [-0.15, -0.1) is 0 Å². The van der Waals surface area contributed by atoms with Gasteiger partial charge in [0.1, 0.15) is 0 Å². The van der Waals surface area contributed by atoms with E-state index < -0.39 is 29.9 Å². The number of methoxy groups -OCH3 is 1. The van der Waals surface area contributed by atoms with Gasteiger partial charge in [0.15, 0.2) is 0 Å². The second-order valence-electron chi connectivity index (χ2n) is 4.57. The number of carbonyl (C=O) groups excluding carboxylic acids is 4. The van der Waals surface area contributed by atoms with Crippen molar-refractivity contribution in [1.82, 2.24) is 10.4 Å². The number of benzene rings is 1. The zero-order valence-corrected chi connectivity index (χ0v) is 12.2. The molecule has 1 heterocycles. The fraction of sp³-hybridized carbons (Fsp3) is 0.200. The number of carbonyl (C=O) groups is 4. The first-order valence-corrected chi connectivity index (χ1v) is 6.67. The molecule has 23 heavy (non-hydrogen) atoms. The maximum absolute atomic E-state index is 12.0. The zero-order chi connectivity index (χ0) is 16.8. The summed E-state index contributed by atoms with van der Waals surface area (Å²) in [5.41, 5.74) is 0.645. The largest absolute Gasteiger partial charge is 0.453 e. The van der Waals surface area contributed by atoms with Gasteiger partial charge in [0.05, 0.1) is 19.6 Å². The van der Waals surface area contributed by atoms with Crippen LogP contribution >= 0.6 is 0 Å². The fourth-order valence-electron chi connectivity index (χ4n) is 1.92. The molecule has 1 N–H and O–H groups in total. The van der Waals surface area contributed by atoms with Crippen LogP contribution in [0.25, 0.3) is 0 Å². The molecule has 1 aromatic carbocycles. The average Bonchev–Trinajstić information content (AvgIpc) is 2.86. The van der Waals surface area contributed by atoms with Crippen LogP contribution in [-0.2, 0) is 24.0 Å². The van der Waals surface area contributed by atoms with Crippen molar-refractivity contribution in [2.75, 3.05) is 7.11 Å². The molecule has 1 atom stereocenters. The van der Waals surface area contributed by atoms with E-state index in [1.54, 1.807) is 30.3 Å². The first-order valence-electron chi connectivity index (χ1n) is 6.67. The number of imide groups is 1. The van der Waals surface area contributed by atoms with Crippen LogP contribution in [0.1, 0.15) is 18.0 Å². The van der Waals surface area contributed by atoms with Gasteiger partial charge in [-0.25, -0.2) is 9.59 Å². The molecule has 1 aliphatic heterocycles. The molecule has 0 bridgehead atoms. The van der Waals surface area contributed by atoms with Gasteiger partial charge in [0, 0.05) is 12.2 Å². The predicted molar refractivity (Wildman–Crippen MR) is 76.4 cm³/mol. The van der Waals surface area contributed by atoms with E-state index in [-0.39, 0.29) is 6.42 Å². The number of ether oxygens (including phenoxy) is 1. The van der Waals surface area contributed by atoms with Gasteiger partial charge in [0.25, 0.3) is 11.8 Å². The molecular formula is C15H14N2O6. The smallest absolute Gasteiger partial charge is 0.407 e. The van der Waals surface area contributed by atoms with Crippen LogP contribution in [-0.4, -0.2) is 36.0 Å². The summed E-state index contributed by atoms with van der Waals surface area (Å²) in [6.07, 6.45) is 0.992. The van der Waals surface area contributed by atoms with Crippen LogP contribution in [0.3, 0.4) is 0 Å². The first-order chi connectivity index (χ1) is 11.0. The number of hydrogen-bond acceptors (Lipinski definition) is 6. The van der Waals surface area contributed by atoms with E-state index in [1.165, 1.54) is 7.11 Å². The predicted octanol–water partition coefficient (Wildman–Crippen LogP) is 0.857. The summed E-state index contributed by atoms with van der Waals surface area (Å²) in [6, 6.07) is 7.96. The Kier molecular flexibility index (Phi) is 5.08. The summed E-state index contributed by atoms with van der Waals surface area (Å²) in [7, 11) is 1.20. The molecule has 0 aliphatic carbocycles. The molecular weight excluding hydrogens is 304 g/mol. The number of hydroxylamine groups is 2. The Morgan fingerprint density at radius 2 is 1.74 bits per heavy atom. The Morgan fingerprint density at radius 1 is 1.13 bits per heavy atom. The van der Waals surface area contributed by atoms with Crippen molar-refractivity contribution in [3.8, 4) is 0 Å². The number of alkyl carbamates (subject to hydrolysis) is 1. The zero-order valence-electron chi connectivity index (χ0n) is 12.2. The van der Waals surface area contributed by atoms with E-state index in [9.17, 15) is 19.2 Å². The number of hydrogen-bond donors (Lipinski definition) is 1. The minimum Gasteiger partial charge on any atom is -0.453 e. The molecule has 2 rings (SSSR count). The molecule has 0 aromatic heterocycles. The van der Waals surface area contributed by atoms with Crippen LogP contribution < -0.4 is 5.32 Å². The summed E-state index contributed by atoms with van der Waals surface area (Å²) in [6.45, 7) is 0. The maximum atomic E-state index is 12.0. The minimum atomic E-state index is -0.847. The molecule has 1 aromatic rings. The highest BCUT2D eigenvalue weighted by atomic mass is 16.7. The van der Waals surface area contributed by atoms with Gasteiger partial charge in [0.2, 0.25) is 0 Å². The molecule has 3 amide bonds. The maximum Gasteiger partial charge on any atom is 0.407 e. The quantitative estimate of drug-likeness (QED) is 0.808. The lowest BCUT2D eigenvalue weighted by molar-refractivity contribution is -0.196. The lowest BCUT2D eigenvalue weighted by atomic mass is 10.0. The van der Waals surface area contributed by atoms with Gasteiger partial charge in [-0.3, -0.25) is 9.59 Å². The van der Waals surface area contributed by atoms with Crippen molar-refractivity contribution in [2.45, 2.75) is 12.5 Å². The minimum absolute atomic E-state index is 0.282. The van der Waals surface area contributed by atoms with E-state index >= 15 is 0 Å². The Labute approximate surface area is 131 Å². The lowest BCUT2D eigenvalue weighted by Crippen LogP contribution is -2.35. The van der Waals surface area contributed by atoms with E-state index in [1.807, 2.05) is 0 Å². The topological polar surface area (TPSA) is 102 Å². The standard InChI is InChI=1S/C15H14N2O6/c1-22-15(21)16-11(10-5-3-2-4-6-10)9-14(20)23-17-12(18)7-8-13(17)19/h2-8,11H,9H2,1H3,(H,16,21). The molecule has 1 unspecified atom stereocenters. The Balaban J connectivity index is 2.05. The lowest BCUT2D eigenvalue weighted by Gasteiger charge is -2.19. The Bertz CT molecular complexity index is 637. The molecule has 0 radical (unpaired) electrons. The summed E-state index contributed by atoms with van der Waals surface area (Å²) in [5.74, 6) is -2.32. The third-order valence-electron chi connectivity index (χ3n) is 3.01. The summed E-state index contributed by atoms with van der Waals surface area (Å²) >= 11 is 0. The molecule has 0 spiro atoms. The summed E-state index contributed by atoms with van der Waals surface area (Å²) < 4.78 is 4.52. The SMILES string of the molecule is COC(=O)NC(CC(=O)ON1C(=O)C=CC1=O)c1ccccc1. The van der Waals surface area contributed by atoms with E-state index in [0.717, 1.165) is 12.2 Å². The van der Waals surface area contributed by atoms with Crippen molar-refractivity contribution in [3.05, 3.63) is 48.0 Å². The van der Waals surface area contributed by atoms with Gasteiger partial charge in [-0.2, -0.15) is 0 Å². The molecule has 1 aliphatic rings. The van der Waals surface area contributed by atoms with Crippen molar-refractivity contribution >= 4 is 23.9 Å². The summed E-state index contributed by atoms with van der Waals surface area (Å²) in [4.78, 5) is 50.8. The molecule has 120 valence electrons. The Morgan fingerprint density at radius 3 is 2.30 bits per heavy atom. The fourth-order valence-corrected chi connectivity index (χ4v) is 1.92. The summed E-state index contributed by atoms with van der Waals surface area (Å²) in [5, 5.41) is 2.86. The molecule has 0 saturated heterocycles. The highest BCUT2D eigenvalue weighted by Crippen LogP contribution is 2.18. The van der Waals surface area contributed by atoms with Crippen LogP contribution in [0.5, 0.6) is 0 Å². The van der Waals surface area contributed by atoms with Crippen molar-refractivity contribution in [2.24, 2.45) is 0 Å². The molecule has 8 heteroatoms. The van der Waals surface area contributed by atoms with Gasteiger partial charge in [-0.05, 0) is 5.56 Å². The van der Waals surface area contributed by atoms with Crippen LogP contribution in [0.15, 0.2) is 42.5 Å². The van der Waals surface area contributed by atoms with Crippen molar-refractivity contribution < 1.29 is 28.8 Å². The van der Waals surface area contributed by atoms with E-state index in [2.05, 4.69) is 10.1 Å². The van der Waals surface area contributed by atoms with Crippen LogP contribution in [0.4, 0.5) is 4.79 Å². The number of rotatable bonds is 5. The van der Waals surface area contributed by atoms with Crippen LogP contribution in [0.2, 0.25) is 0 Å². The third-order valence-corrected chi connectivity index (χ3v) is 3.01. The monoisotopic (exact) mass is 318 g/mol. The van der Waals surface area contributed by atoms with E-state index in [4.69, 9.17) is 4.84 Å². The second kappa shape index (κ2) is 7.21. The van der Waals surface area contributed by atoms with Crippen LogP contribution in [0, 0.1) is 0 Å². The number of nitrogens with one attached hydrogen (secondary N) is 1. The number of nitrogens with zero attached hydrogens (tertiary/aromatic N) is 1. The van der Waals surface area contributed by atoms with Gasteiger partial charge >= 0.3 is 12.1 Å². The first kappa shape index (κ1) is 16.2. The van der Waals surface area contributed by atoms with Gasteiger partial charge < -0.3 is 14.9 Å². The highest BCUT2D eigenvalue weighted by molar-refractivity contribution is 6.12. The normalized spacial score (nSPS) is 14.6.